The summed E-state index contributed by atoms with van der Waals surface area (Å²) in [5.41, 5.74) is 0.739. The van der Waals surface area contributed by atoms with Crippen molar-refractivity contribution in [3.8, 4) is 0 Å². The molecule has 0 aromatic heterocycles. The molecule has 2 bridgehead atoms. The zero-order valence-electron chi connectivity index (χ0n) is 19.8. The van der Waals surface area contributed by atoms with E-state index in [2.05, 4.69) is 10.6 Å². The third-order valence-corrected chi connectivity index (χ3v) is 7.19. The van der Waals surface area contributed by atoms with Crippen LogP contribution in [0.1, 0.15) is 50.5 Å². The number of alkyl carbamates (subject to hydrolysis) is 1. The topological polar surface area (TPSA) is 105 Å². The first-order valence-electron chi connectivity index (χ1n) is 11.9. The lowest BCUT2D eigenvalue weighted by molar-refractivity contribution is -0.130. The molecular formula is C25H34ClN3O5. The van der Waals surface area contributed by atoms with E-state index in [1.165, 1.54) is 17.7 Å². The van der Waals surface area contributed by atoms with Crippen LogP contribution in [0.5, 0.6) is 0 Å². The molecule has 0 saturated heterocycles. The van der Waals surface area contributed by atoms with Gasteiger partial charge in [-0.1, -0.05) is 30.2 Å². The second kappa shape index (κ2) is 12.2. The fraction of sp³-hybridized carbons (Fsp3) is 0.600. The molecule has 3 rings (SSSR count). The van der Waals surface area contributed by atoms with Gasteiger partial charge < -0.3 is 25.1 Å². The molecule has 0 heterocycles. The fourth-order valence-corrected chi connectivity index (χ4v) is 5.33. The van der Waals surface area contributed by atoms with Crippen molar-refractivity contribution in [2.45, 2.75) is 63.6 Å². The van der Waals surface area contributed by atoms with Crippen molar-refractivity contribution in [2.24, 2.45) is 17.8 Å². The van der Waals surface area contributed by atoms with Crippen LogP contribution in [0.2, 0.25) is 5.02 Å². The van der Waals surface area contributed by atoms with Crippen molar-refractivity contribution in [1.29, 1.82) is 0 Å². The van der Waals surface area contributed by atoms with E-state index in [4.69, 9.17) is 16.3 Å². The molecule has 2 aliphatic rings. The quantitative estimate of drug-likeness (QED) is 0.462. The Kier molecular flexibility index (Phi) is 9.33. The second-order valence-electron chi connectivity index (χ2n) is 9.65. The van der Waals surface area contributed by atoms with Crippen LogP contribution in [0.25, 0.3) is 0 Å². The molecule has 0 spiro atoms. The molecule has 1 aromatic rings. The molecular weight excluding hydrogens is 458 g/mol. The minimum atomic E-state index is -0.816. The molecule has 3 amide bonds. The van der Waals surface area contributed by atoms with E-state index in [0.717, 1.165) is 18.4 Å². The summed E-state index contributed by atoms with van der Waals surface area (Å²) in [5.74, 6) is 1.07. The summed E-state index contributed by atoms with van der Waals surface area (Å²) < 4.78 is 5.32. The third kappa shape index (κ3) is 7.45. The number of fused-ring (bicyclic) bond motifs is 2. The predicted octanol–water partition coefficient (Wildman–Crippen LogP) is 3.31. The minimum Gasteiger partial charge on any atom is -0.445 e. The van der Waals surface area contributed by atoms with Crippen LogP contribution >= 0.6 is 11.6 Å². The lowest BCUT2D eigenvalue weighted by Gasteiger charge is -2.27. The van der Waals surface area contributed by atoms with Crippen LogP contribution in [-0.2, 0) is 25.7 Å². The molecule has 8 nitrogen and oxygen atoms in total. The van der Waals surface area contributed by atoms with Crippen LogP contribution < -0.4 is 10.6 Å². The third-order valence-electron chi connectivity index (χ3n) is 6.95. The Morgan fingerprint density at radius 1 is 1.21 bits per heavy atom. The predicted molar refractivity (Wildman–Crippen MR) is 128 cm³/mol. The first-order valence-corrected chi connectivity index (χ1v) is 12.3. The Balaban J connectivity index is 1.59. The zero-order valence-corrected chi connectivity index (χ0v) is 20.6. The van der Waals surface area contributed by atoms with E-state index >= 15 is 0 Å². The van der Waals surface area contributed by atoms with Gasteiger partial charge in [0, 0.05) is 25.5 Å². The van der Waals surface area contributed by atoms with Gasteiger partial charge >= 0.3 is 6.09 Å². The van der Waals surface area contributed by atoms with Gasteiger partial charge in [0.05, 0.1) is 6.04 Å². The largest absolute Gasteiger partial charge is 0.445 e. The number of rotatable bonds is 11. The first-order chi connectivity index (χ1) is 16.2. The molecule has 9 heteroatoms. The molecule has 1 aromatic carbocycles. The number of hydrogen-bond donors (Lipinski definition) is 2. The number of aldehydes is 1. The van der Waals surface area contributed by atoms with Crippen LogP contribution in [0.15, 0.2) is 24.3 Å². The molecule has 186 valence electrons. The number of amides is 3. The molecule has 5 atom stereocenters. The maximum atomic E-state index is 13.1. The summed E-state index contributed by atoms with van der Waals surface area (Å²) in [6.07, 6.45) is 5.41. The number of nitrogens with zero attached hydrogens (tertiary/aromatic N) is 1. The summed E-state index contributed by atoms with van der Waals surface area (Å²) >= 11 is 5.98. The van der Waals surface area contributed by atoms with Crippen molar-refractivity contribution in [3.63, 3.8) is 0 Å². The fourth-order valence-electron chi connectivity index (χ4n) is 5.12. The van der Waals surface area contributed by atoms with Gasteiger partial charge in [0.2, 0.25) is 11.8 Å². The van der Waals surface area contributed by atoms with E-state index in [1.54, 1.807) is 38.4 Å². The van der Waals surface area contributed by atoms with Crippen molar-refractivity contribution in [1.82, 2.24) is 15.5 Å². The normalized spacial score (nSPS) is 22.5. The second-order valence-corrected chi connectivity index (χ2v) is 10.1. The highest BCUT2D eigenvalue weighted by molar-refractivity contribution is 6.30. The van der Waals surface area contributed by atoms with E-state index in [9.17, 15) is 19.2 Å². The molecule has 2 N–H and O–H groups in total. The summed E-state index contributed by atoms with van der Waals surface area (Å²) in [5, 5.41) is 5.95. The van der Waals surface area contributed by atoms with Crippen LogP contribution in [0.4, 0.5) is 4.79 Å². The molecule has 34 heavy (non-hydrogen) atoms. The van der Waals surface area contributed by atoms with Gasteiger partial charge in [-0.15, -0.1) is 0 Å². The SMILES string of the molecule is CN(C)C(=O)CC[C@@H](C=O)NC(=O)C(CC1CC2CCC1C2)NC(=O)OCc1cccc(Cl)c1. The van der Waals surface area contributed by atoms with Gasteiger partial charge in [0.15, 0.2) is 0 Å². The van der Waals surface area contributed by atoms with Gasteiger partial charge in [-0.2, -0.15) is 0 Å². The van der Waals surface area contributed by atoms with E-state index < -0.39 is 24.1 Å². The van der Waals surface area contributed by atoms with Gasteiger partial charge in [0.25, 0.3) is 0 Å². The standard InChI is InChI=1S/C25H34ClN3O5/c1-29(2)23(31)9-8-21(14-30)27-24(32)22(13-19-11-16-6-7-18(19)10-16)28-25(33)34-15-17-4-3-5-20(26)12-17/h3-5,12,14,16,18-19,21-22H,6-11,13,15H2,1-2H3,(H,27,32)(H,28,33)/t16?,18?,19?,21-,22?/m0/s1. The lowest BCUT2D eigenvalue weighted by atomic mass is 9.84. The Morgan fingerprint density at radius 2 is 2.00 bits per heavy atom. The number of hydrogen-bond acceptors (Lipinski definition) is 5. The van der Waals surface area contributed by atoms with Crippen molar-refractivity contribution >= 4 is 35.8 Å². The maximum Gasteiger partial charge on any atom is 0.408 e. The summed E-state index contributed by atoms with van der Waals surface area (Å²) in [7, 11) is 3.28. The van der Waals surface area contributed by atoms with Crippen LogP contribution in [-0.4, -0.2) is 55.3 Å². The van der Waals surface area contributed by atoms with Gasteiger partial charge in [0.1, 0.15) is 18.9 Å². The Labute approximate surface area is 205 Å². The van der Waals surface area contributed by atoms with Gasteiger partial charge in [-0.3, -0.25) is 9.59 Å². The number of ether oxygens (including phenoxy) is 1. The van der Waals surface area contributed by atoms with Crippen LogP contribution in [0, 0.1) is 17.8 Å². The van der Waals surface area contributed by atoms with E-state index in [1.807, 2.05) is 0 Å². The van der Waals surface area contributed by atoms with Gasteiger partial charge in [-0.05, 0) is 67.6 Å². The highest BCUT2D eigenvalue weighted by Gasteiger charge is 2.41. The highest BCUT2D eigenvalue weighted by atomic mass is 35.5. The lowest BCUT2D eigenvalue weighted by Crippen LogP contribution is -2.51. The average Bonchev–Trinajstić information content (AvgIpc) is 3.43. The molecule has 2 saturated carbocycles. The Hall–Kier alpha value is -2.61. The molecule has 0 aliphatic heterocycles. The number of halogens is 1. The van der Waals surface area contributed by atoms with Crippen LogP contribution in [0.3, 0.4) is 0 Å². The van der Waals surface area contributed by atoms with E-state index in [0.29, 0.717) is 35.5 Å². The van der Waals surface area contributed by atoms with E-state index in [-0.39, 0.29) is 25.4 Å². The maximum absolute atomic E-state index is 13.1. The summed E-state index contributed by atoms with van der Waals surface area (Å²) in [6.45, 7) is 0.0263. The summed E-state index contributed by atoms with van der Waals surface area (Å²) in [4.78, 5) is 50.5. The molecule has 4 unspecified atom stereocenters. The average molecular weight is 492 g/mol. The molecule has 2 aliphatic carbocycles. The highest BCUT2D eigenvalue weighted by Crippen LogP contribution is 2.49. The van der Waals surface area contributed by atoms with Crippen molar-refractivity contribution in [3.05, 3.63) is 34.9 Å². The number of benzene rings is 1. The van der Waals surface area contributed by atoms with Crippen molar-refractivity contribution in [2.75, 3.05) is 14.1 Å². The number of nitrogens with one attached hydrogen (secondary N) is 2. The number of carbonyl (C=O) groups is 4. The van der Waals surface area contributed by atoms with Crippen molar-refractivity contribution < 1.29 is 23.9 Å². The number of carbonyl (C=O) groups excluding carboxylic acids is 4. The minimum absolute atomic E-state index is 0.0263. The zero-order chi connectivity index (χ0) is 24.7. The smallest absolute Gasteiger partial charge is 0.408 e. The summed E-state index contributed by atoms with van der Waals surface area (Å²) in [6, 6.07) is 5.38. The first kappa shape index (κ1) is 26.0. The molecule has 2 fully saturated rings. The Morgan fingerprint density at radius 3 is 2.62 bits per heavy atom. The Bertz CT molecular complexity index is 893. The molecule has 0 radical (unpaired) electrons. The van der Waals surface area contributed by atoms with Gasteiger partial charge in [-0.25, -0.2) is 4.79 Å². The monoisotopic (exact) mass is 491 g/mol.